The highest BCUT2D eigenvalue weighted by Crippen LogP contribution is 2.68. The molecular formula is C72H48N2. The smallest absolute Gasteiger partial charge is 0.0747 e. The van der Waals surface area contributed by atoms with Crippen LogP contribution in [0.5, 0.6) is 0 Å². The highest BCUT2D eigenvalue weighted by molar-refractivity contribution is 6.12. The van der Waals surface area contributed by atoms with Gasteiger partial charge in [0.25, 0.3) is 0 Å². The predicted molar refractivity (Wildman–Crippen MR) is 307 cm³/mol. The molecule has 15 rings (SSSR count). The van der Waals surface area contributed by atoms with E-state index in [2.05, 4.69) is 301 Å². The summed E-state index contributed by atoms with van der Waals surface area (Å²) in [5.41, 5.74) is 23.3. The molecule has 346 valence electrons. The number of anilines is 6. The maximum absolute atomic E-state index is 2.57. The van der Waals surface area contributed by atoms with Crippen molar-refractivity contribution in [3.63, 3.8) is 0 Å². The Labute approximate surface area is 432 Å². The molecule has 0 saturated heterocycles. The van der Waals surface area contributed by atoms with E-state index in [4.69, 9.17) is 0 Å². The van der Waals surface area contributed by atoms with E-state index in [9.17, 15) is 0 Å². The molecule has 0 heterocycles. The Balaban J connectivity index is 1.05. The van der Waals surface area contributed by atoms with Crippen molar-refractivity contribution in [2.24, 2.45) is 0 Å². The molecule has 0 aliphatic heterocycles. The first kappa shape index (κ1) is 42.2. The predicted octanol–water partition coefficient (Wildman–Crippen LogP) is 18.5. The number of rotatable bonds is 8. The highest BCUT2D eigenvalue weighted by Gasteiger charge is 2.55. The van der Waals surface area contributed by atoms with Crippen molar-refractivity contribution in [3.05, 3.63) is 336 Å². The van der Waals surface area contributed by atoms with Crippen LogP contribution in [0.2, 0.25) is 0 Å². The number of nitrogens with zero attached hydrogens (tertiary/aromatic N) is 2. The lowest BCUT2D eigenvalue weighted by Gasteiger charge is -2.37. The van der Waals surface area contributed by atoms with Gasteiger partial charge in [-0.2, -0.15) is 0 Å². The average molecular weight is 941 g/mol. The summed E-state index contributed by atoms with van der Waals surface area (Å²) >= 11 is 0. The molecule has 0 aromatic heterocycles. The third kappa shape index (κ3) is 5.82. The molecule has 3 aliphatic rings. The lowest BCUT2D eigenvalue weighted by Crippen LogP contribution is -2.29. The molecule has 2 heteroatoms. The minimum absolute atomic E-state index is 0.511. The molecule has 2 nitrogen and oxygen atoms in total. The van der Waals surface area contributed by atoms with Gasteiger partial charge in [0.05, 0.1) is 22.2 Å². The second kappa shape index (κ2) is 16.5. The van der Waals surface area contributed by atoms with E-state index in [1.165, 1.54) is 88.7 Å². The minimum atomic E-state index is -0.696. The lowest BCUT2D eigenvalue weighted by atomic mass is 9.68. The second-order valence-corrected chi connectivity index (χ2v) is 19.8. The number of hydrogen-bond donors (Lipinski definition) is 0. The van der Waals surface area contributed by atoms with E-state index in [1.54, 1.807) is 0 Å². The summed E-state index contributed by atoms with van der Waals surface area (Å²) < 4.78 is 0. The van der Waals surface area contributed by atoms with Crippen LogP contribution in [-0.2, 0) is 10.8 Å². The molecule has 1 atom stereocenters. The van der Waals surface area contributed by atoms with Crippen molar-refractivity contribution < 1.29 is 0 Å². The normalized spacial score (nSPS) is 14.9. The minimum Gasteiger partial charge on any atom is -0.310 e. The van der Waals surface area contributed by atoms with Gasteiger partial charge in [-0.25, -0.2) is 0 Å². The van der Waals surface area contributed by atoms with Crippen molar-refractivity contribution in [2.45, 2.75) is 10.8 Å². The summed E-state index contributed by atoms with van der Waals surface area (Å²) in [5, 5.41) is 2.45. The highest BCUT2D eigenvalue weighted by atomic mass is 15.2. The Morgan fingerprint density at radius 2 is 0.676 bits per heavy atom. The SMILES string of the molecule is c1ccc(N(c2ccccc2)c2cccc3c2-c2ccccc2C32c3ccccc3-c3c2c(N(c2ccccc2)c2ccc4c(c2)-c2ccccc2C4(c2ccccc2)c2ccccc2)cc2ccccc32)cc1. The van der Waals surface area contributed by atoms with Crippen LogP contribution in [-0.4, -0.2) is 0 Å². The van der Waals surface area contributed by atoms with Gasteiger partial charge in [-0.1, -0.05) is 231 Å². The fourth-order valence-electron chi connectivity index (χ4n) is 13.5. The third-order valence-corrected chi connectivity index (χ3v) is 16.3. The van der Waals surface area contributed by atoms with Crippen molar-refractivity contribution in [2.75, 3.05) is 9.80 Å². The van der Waals surface area contributed by atoms with Crippen LogP contribution in [0.3, 0.4) is 0 Å². The maximum Gasteiger partial charge on any atom is 0.0747 e. The summed E-state index contributed by atoms with van der Waals surface area (Å²) in [5.74, 6) is 0. The fraction of sp³-hybridized carbons (Fsp3) is 0.0278. The molecule has 0 N–H and O–H groups in total. The van der Waals surface area contributed by atoms with Crippen LogP contribution in [0.15, 0.2) is 291 Å². The zero-order valence-corrected chi connectivity index (χ0v) is 40.6. The molecule has 3 aliphatic carbocycles. The first-order chi connectivity index (χ1) is 36.8. The lowest BCUT2D eigenvalue weighted by molar-refractivity contribution is 0.768. The van der Waals surface area contributed by atoms with Gasteiger partial charge in [-0.3, -0.25) is 0 Å². The quantitative estimate of drug-likeness (QED) is 0.150. The molecule has 12 aromatic carbocycles. The van der Waals surface area contributed by atoms with E-state index in [0.29, 0.717) is 0 Å². The molecule has 0 saturated carbocycles. The van der Waals surface area contributed by atoms with Crippen molar-refractivity contribution >= 4 is 44.9 Å². The van der Waals surface area contributed by atoms with Gasteiger partial charge in [0.15, 0.2) is 0 Å². The molecule has 0 bridgehead atoms. The number of hydrogen-bond acceptors (Lipinski definition) is 2. The Hall–Kier alpha value is -9.50. The van der Waals surface area contributed by atoms with Gasteiger partial charge in [0.1, 0.15) is 0 Å². The molecular weight excluding hydrogens is 893 g/mol. The van der Waals surface area contributed by atoms with Gasteiger partial charge in [-0.15, -0.1) is 0 Å². The summed E-state index contributed by atoms with van der Waals surface area (Å²) in [6, 6.07) is 108. The van der Waals surface area contributed by atoms with Gasteiger partial charge in [0.2, 0.25) is 0 Å². The molecule has 74 heavy (non-hydrogen) atoms. The zero-order valence-electron chi connectivity index (χ0n) is 40.6. The summed E-state index contributed by atoms with van der Waals surface area (Å²) in [7, 11) is 0. The van der Waals surface area contributed by atoms with Crippen LogP contribution >= 0.6 is 0 Å². The van der Waals surface area contributed by atoms with E-state index < -0.39 is 10.8 Å². The van der Waals surface area contributed by atoms with Crippen LogP contribution in [0.4, 0.5) is 34.1 Å². The molecule has 0 fully saturated rings. The van der Waals surface area contributed by atoms with Crippen molar-refractivity contribution in [1.82, 2.24) is 0 Å². The topological polar surface area (TPSA) is 6.48 Å². The van der Waals surface area contributed by atoms with Gasteiger partial charge in [-0.05, 0) is 138 Å². The standard InChI is InChI=1S/C72H48N2/c1-6-26-50(27-7-1)71(51-28-8-2-9-29-51)61-40-21-18-37-57(61)60-48-55(45-46-64(60)71)74(54-34-14-5-15-35-54)67-47-49-25-16-17-36-56(49)68-58-38-19-22-41-62(58)72(70(67)68)63-42-23-20-39-59(63)69-65(72)43-24-44-66(69)73(52-30-10-3-11-31-52)53-32-12-4-13-33-53/h1-48H. The van der Waals surface area contributed by atoms with Crippen molar-refractivity contribution in [1.29, 1.82) is 0 Å². The number of benzene rings is 12. The van der Waals surface area contributed by atoms with Gasteiger partial charge in [0, 0.05) is 33.9 Å². The fourth-order valence-corrected chi connectivity index (χ4v) is 13.5. The van der Waals surface area contributed by atoms with Crippen LogP contribution in [0.25, 0.3) is 44.2 Å². The summed E-state index contributed by atoms with van der Waals surface area (Å²) in [6.45, 7) is 0. The average Bonchev–Trinajstić information content (AvgIpc) is 4.12. The maximum atomic E-state index is 2.57. The summed E-state index contributed by atoms with van der Waals surface area (Å²) in [6.07, 6.45) is 0. The van der Waals surface area contributed by atoms with Gasteiger partial charge >= 0.3 is 0 Å². The molecule has 0 radical (unpaired) electrons. The second-order valence-electron chi connectivity index (χ2n) is 19.8. The first-order valence-electron chi connectivity index (χ1n) is 25.8. The molecule has 1 spiro atoms. The third-order valence-electron chi connectivity index (χ3n) is 16.3. The van der Waals surface area contributed by atoms with Gasteiger partial charge < -0.3 is 9.80 Å². The molecule has 0 amide bonds. The van der Waals surface area contributed by atoms with Crippen LogP contribution < -0.4 is 9.80 Å². The largest absolute Gasteiger partial charge is 0.310 e. The molecule has 1 unspecified atom stereocenters. The van der Waals surface area contributed by atoms with Crippen molar-refractivity contribution in [3.8, 4) is 33.4 Å². The van der Waals surface area contributed by atoms with Crippen LogP contribution in [0.1, 0.15) is 44.5 Å². The number of para-hydroxylation sites is 3. The van der Waals surface area contributed by atoms with E-state index in [1.807, 2.05) is 0 Å². The number of fused-ring (bicyclic) bond motifs is 15. The van der Waals surface area contributed by atoms with E-state index >= 15 is 0 Å². The Kier molecular flexibility index (Phi) is 9.43. The van der Waals surface area contributed by atoms with E-state index in [-0.39, 0.29) is 0 Å². The van der Waals surface area contributed by atoms with Crippen LogP contribution in [0, 0.1) is 0 Å². The monoisotopic (exact) mass is 940 g/mol. The first-order valence-corrected chi connectivity index (χ1v) is 25.8. The molecule has 12 aromatic rings. The van der Waals surface area contributed by atoms with E-state index in [0.717, 1.165) is 34.1 Å². The summed E-state index contributed by atoms with van der Waals surface area (Å²) in [4.78, 5) is 5.01. The Bertz CT molecular complexity index is 4050. The zero-order chi connectivity index (χ0) is 48.8. The Morgan fingerprint density at radius 3 is 1.26 bits per heavy atom. The Morgan fingerprint density at radius 1 is 0.243 bits per heavy atom.